The number of anilines is 1. The Morgan fingerprint density at radius 1 is 1.06 bits per heavy atom. The van der Waals surface area contributed by atoms with Crippen molar-refractivity contribution in [2.75, 3.05) is 31.6 Å². The van der Waals surface area contributed by atoms with Gasteiger partial charge in [0, 0.05) is 43.6 Å². The molecule has 1 aromatic carbocycles. The Kier molecular flexibility index (Phi) is 5.61. The lowest BCUT2D eigenvalue weighted by atomic mass is 9.92. The van der Waals surface area contributed by atoms with Crippen LogP contribution in [0.15, 0.2) is 61.1 Å². The Morgan fingerprint density at radius 3 is 2.86 bits per heavy atom. The summed E-state index contributed by atoms with van der Waals surface area (Å²) < 4.78 is 21.6. The molecule has 35 heavy (non-hydrogen) atoms. The zero-order valence-corrected chi connectivity index (χ0v) is 19.4. The molecule has 2 atom stereocenters. The van der Waals surface area contributed by atoms with E-state index in [1.54, 1.807) is 35.3 Å². The third-order valence-corrected chi connectivity index (χ3v) is 6.88. The smallest absolute Gasteiger partial charge is 0.166 e. The number of pyridine rings is 1. The fourth-order valence-corrected chi connectivity index (χ4v) is 5.16. The van der Waals surface area contributed by atoms with E-state index in [-0.39, 0.29) is 11.4 Å². The number of hydrogen-bond acceptors (Lipinski definition) is 7. The van der Waals surface area contributed by atoms with E-state index >= 15 is 0 Å². The highest BCUT2D eigenvalue weighted by Gasteiger charge is 2.35. The number of nitrogens with zero attached hydrogens (tertiary/aromatic N) is 6. The molecule has 2 fully saturated rings. The topological polar surface area (TPSA) is 81.0 Å². The Labute approximate surface area is 202 Å². The molecule has 9 heteroatoms. The number of methoxy groups -OCH3 is 1. The van der Waals surface area contributed by atoms with Crippen molar-refractivity contribution in [2.24, 2.45) is 5.92 Å². The average Bonchev–Trinajstić information content (AvgIpc) is 3.59. The van der Waals surface area contributed by atoms with Gasteiger partial charge in [0.25, 0.3) is 0 Å². The van der Waals surface area contributed by atoms with Gasteiger partial charge >= 0.3 is 0 Å². The van der Waals surface area contributed by atoms with E-state index in [0.717, 1.165) is 36.8 Å². The summed E-state index contributed by atoms with van der Waals surface area (Å²) in [5, 5.41) is 8.06. The van der Waals surface area contributed by atoms with E-state index in [0.29, 0.717) is 23.4 Å². The normalized spacial score (nSPS) is 19.5. The monoisotopic (exact) mass is 471 g/mol. The third-order valence-electron chi connectivity index (χ3n) is 6.88. The number of hydrogen-bond donors (Lipinski definition) is 1. The number of nitrogens with one attached hydrogen (secondary N) is 1. The van der Waals surface area contributed by atoms with E-state index in [1.165, 1.54) is 26.0 Å². The summed E-state index contributed by atoms with van der Waals surface area (Å²) in [6.07, 6.45) is 7.69. The summed E-state index contributed by atoms with van der Waals surface area (Å²) in [7, 11) is 1.50. The lowest BCUT2D eigenvalue weighted by molar-refractivity contribution is 0.383. The lowest BCUT2D eigenvalue weighted by Crippen LogP contribution is -2.45. The van der Waals surface area contributed by atoms with E-state index in [9.17, 15) is 4.39 Å². The van der Waals surface area contributed by atoms with Gasteiger partial charge in [-0.05, 0) is 49.1 Å². The molecule has 0 saturated carbocycles. The maximum Gasteiger partial charge on any atom is 0.166 e. The van der Waals surface area contributed by atoms with Crippen LogP contribution in [0, 0.1) is 11.7 Å². The van der Waals surface area contributed by atoms with Gasteiger partial charge in [-0.15, -0.1) is 0 Å². The first-order valence-corrected chi connectivity index (χ1v) is 11.9. The highest BCUT2D eigenvalue weighted by Crippen LogP contribution is 2.32. The number of rotatable bonds is 5. The van der Waals surface area contributed by atoms with Crippen LogP contribution in [0.1, 0.15) is 12.8 Å². The quantitative estimate of drug-likeness (QED) is 0.475. The highest BCUT2D eigenvalue weighted by atomic mass is 19.1. The largest absolute Gasteiger partial charge is 0.496 e. The van der Waals surface area contributed by atoms with Crippen molar-refractivity contribution in [1.29, 1.82) is 0 Å². The van der Waals surface area contributed by atoms with Crippen molar-refractivity contribution in [3.8, 4) is 34.2 Å². The minimum absolute atomic E-state index is 0.236. The molecule has 2 saturated heterocycles. The van der Waals surface area contributed by atoms with Gasteiger partial charge in [-0.25, -0.2) is 24.0 Å². The maximum absolute atomic E-state index is 14.6. The van der Waals surface area contributed by atoms with Crippen molar-refractivity contribution >= 4 is 5.82 Å². The number of aromatic nitrogens is 5. The SMILES string of the molecule is COc1cccc(F)c1-c1nccc(-c2cnn(-c3cccc(N4CCC[C@H]5CNC[C@H]54)n3)c2)n1. The van der Waals surface area contributed by atoms with Crippen LogP contribution >= 0.6 is 0 Å². The van der Waals surface area contributed by atoms with Crippen LogP contribution in [0.4, 0.5) is 10.2 Å². The molecule has 1 N–H and O–H groups in total. The van der Waals surface area contributed by atoms with Crippen molar-refractivity contribution < 1.29 is 9.13 Å². The first kappa shape index (κ1) is 21.7. The van der Waals surface area contributed by atoms with Gasteiger partial charge in [0.2, 0.25) is 0 Å². The van der Waals surface area contributed by atoms with Crippen LogP contribution in [0.2, 0.25) is 0 Å². The molecule has 5 heterocycles. The van der Waals surface area contributed by atoms with Gasteiger partial charge < -0.3 is 15.0 Å². The molecule has 0 aliphatic carbocycles. The fourth-order valence-electron chi connectivity index (χ4n) is 5.16. The average molecular weight is 472 g/mol. The number of benzene rings is 1. The molecule has 0 radical (unpaired) electrons. The second kappa shape index (κ2) is 9.07. The Morgan fingerprint density at radius 2 is 1.94 bits per heavy atom. The summed E-state index contributed by atoms with van der Waals surface area (Å²) in [4.78, 5) is 16.2. The molecule has 8 nitrogen and oxygen atoms in total. The van der Waals surface area contributed by atoms with Crippen LogP contribution in [0.5, 0.6) is 5.75 Å². The summed E-state index contributed by atoms with van der Waals surface area (Å²) in [5.41, 5.74) is 1.66. The Balaban J connectivity index is 1.30. The number of halogens is 1. The molecular formula is C26H26FN7O. The standard InChI is InChI=1S/C26H26FN7O/c1-35-22-7-2-6-19(27)25(22)26-29-11-10-20(31-26)18-14-30-34(16-18)24-9-3-8-23(32-24)33-12-4-5-17-13-28-15-21(17)33/h2-3,6-11,14,16-17,21,28H,4-5,12-13,15H2,1H3/t17-,21+/m0/s1. The lowest BCUT2D eigenvalue weighted by Gasteiger charge is -2.38. The number of piperidine rings is 1. The Bertz CT molecular complexity index is 1360. The van der Waals surface area contributed by atoms with Gasteiger partial charge in [0.05, 0.1) is 24.6 Å². The van der Waals surface area contributed by atoms with Crippen molar-refractivity contribution in [3.05, 3.63) is 66.9 Å². The van der Waals surface area contributed by atoms with Crippen molar-refractivity contribution in [1.82, 2.24) is 30.0 Å². The molecule has 6 rings (SSSR count). The number of fused-ring (bicyclic) bond motifs is 1. The van der Waals surface area contributed by atoms with Crippen molar-refractivity contribution in [2.45, 2.75) is 18.9 Å². The van der Waals surface area contributed by atoms with Crippen LogP contribution in [-0.2, 0) is 0 Å². The van der Waals surface area contributed by atoms with E-state index in [4.69, 9.17) is 9.72 Å². The predicted octanol–water partition coefficient (Wildman–Crippen LogP) is 3.73. The molecule has 178 valence electrons. The van der Waals surface area contributed by atoms with Gasteiger partial charge in [-0.2, -0.15) is 5.10 Å². The molecule has 0 unspecified atom stereocenters. The van der Waals surface area contributed by atoms with Crippen molar-refractivity contribution in [3.63, 3.8) is 0 Å². The highest BCUT2D eigenvalue weighted by molar-refractivity contribution is 5.68. The molecule has 0 amide bonds. The molecular weight excluding hydrogens is 445 g/mol. The molecule has 4 aromatic rings. The first-order chi connectivity index (χ1) is 17.2. The first-order valence-electron chi connectivity index (χ1n) is 11.9. The van der Waals surface area contributed by atoms with Crippen LogP contribution in [0.25, 0.3) is 28.5 Å². The molecule has 2 aliphatic heterocycles. The van der Waals surface area contributed by atoms with E-state index in [2.05, 4.69) is 31.3 Å². The minimum Gasteiger partial charge on any atom is -0.496 e. The maximum atomic E-state index is 14.6. The van der Waals surface area contributed by atoms with Crippen LogP contribution < -0.4 is 15.0 Å². The van der Waals surface area contributed by atoms with Crippen LogP contribution in [0.3, 0.4) is 0 Å². The summed E-state index contributed by atoms with van der Waals surface area (Å²) in [6.45, 7) is 3.11. The third kappa shape index (κ3) is 4.01. The van der Waals surface area contributed by atoms with Crippen LogP contribution in [-0.4, -0.2) is 57.5 Å². The van der Waals surface area contributed by atoms with E-state index < -0.39 is 5.82 Å². The zero-order valence-electron chi connectivity index (χ0n) is 19.4. The molecule has 0 spiro atoms. The zero-order chi connectivity index (χ0) is 23.8. The summed E-state index contributed by atoms with van der Waals surface area (Å²) in [5.74, 6) is 2.62. The van der Waals surface area contributed by atoms with E-state index in [1.807, 2.05) is 18.3 Å². The number of ether oxygens (including phenoxy) is 1. The molecule has 3 aromatic heterocycles. The summed E-state index contributed by atoms with van der Waals surface area (Å²) >= 11 is 0. The fraction of sp³-hybridized carbons (Fsp3) is 0.308. The Hall–Kier alpha value is -3.85. The molecule has 2 aliphatic rings. The van der Waals surface area contributed by atoms with Gasteiger partial charge in [-0.3, -0.25) is 0 Å². The van der Waals surface area contributed by atoms with Gasteiger partial charge in [0.15, 0.2) is 11.6 Å². The molecule has 0 bridgehead atoms. The minimum atomic E-state index is -0.435. The van der Waals surface area contributed by atoms with Gasteiger partial charge in [0.1, 0.15) is 17.4 Å². The summed E-state index contributed by atoms with van der Waals surface area (Å²) in [6, 6.07) is 13.0. The second-order valence-corrected chi connectivity index (χ2v) is 8.93. The van der Waals surface area contributed by atoms with Gasteiger partial charge in [-0.1, -0.05) is 12.1 Å². The predicted molar refractivity (Wildman–Crippen MR) is 131 cm³/mol. The second-order valence-electron chi connectivity index (χ2n) is 8.93.